The molecule has 1 saturated carbocycles. The van der Waals surface area contributed by atoms with Crippen LogP contribution in [0.5, 0.6) is 0 Å². The summed E-state index contributed by atoms with van der Waals surface area (Å²) in [5.41, 5.74) is 2.14. The highest BCUT2D eigenvalue weighted by Gasteiger charge is 2.29. The number of carbonyl (C=O) groups excluding carboxylic acids is 1. The number of nitrogens with one attached hydrogen (secondary N) is 1. The number of rotatable bonds is 5. The fourth-order valence-corrected chi connectivity index (χ4v) is 4.24. The third-order valence-electron chi connectivity index (χ3n) is 5.18. The quantitative estimate of drug-likeness (QED) is 0.463. The van der Waals surface area contributed by atoms with Gasteiger partial charge >= 0.3 is 0 Å². The van der Waals surface area contributed by atoms with Crippen LogP contribution in [0.25, 0.3) is 10.9 Å². The maximum Gasteiger partial charge on any atom is 0.265 e. The van der Waals surface area contributed by atoms with Gasteiger partial charge in [0.05, 0.1) is 22.3 Å². The molecule has 7 heteroatoms. The van der Waals surface area contributed by atoms with Crippen LogP contribution in [0.15, 0.2) is 64.8 Å². The van der Waals surface area contributed by atoms with Crippen molar-refractivity contribution in [3.8, 4) is 0 Å². The van der Waals surface area contributed by atoms with E-state index >= 15 is 0 Å². The Morgan fingerprint density at radius 3 is 2.67 bits per heavy atom. The molecule has 150 valence electrons. The molecule has 4 aromatic rings. The first-order chi connectivity index (χ1) is 14.6. The Hall–Kier alpha value is -2.96. The van der Waals surface area contributed by atoms with Gasteiger partial charge in [-0.05, 0) is 60.2 Å². The van der Waals surface area contributed by atoms with Crippen molar-refractivity contribution >= 4 is 45.4 Å². The van der Waals surface area contributed by atoms with Crippen LogP contribution in [0.3, 0.4) is 0 Å². The minimum atomic E-state index is -0.187. The van der Waals surface area contributed by atoms with E-state index in [4.69, 9.17) is 16.6 Å². The van der Waals surface area contributed by atoms with Crippen LogP contribution in [0.4, 0.5) is 5.69 Å². The largest absolute Gasteiger partial charge is 0.321 e. The lowest BCUT2D eigenvalue weighted by Gasteiger charge is -2.14. The van der Waals surface area contributed by atoms with E-state index in [0.717, 1.165) is 24.2 Å². The molecule has 1 fully saturated rings. The van der Waals surface area contributed by atoms with E-state index in [2.05, 4.69) is 5.32 Å². The number of hydrogen-bond donors (Lipinski definition) is 1. The molecule has 0 aliphatic heterocycles. The Kier molecular flexibility index (Phi) is 4.89. The SMILES string of the molecule is O=C(Nc1ccc2nc(C3CC3)n(Cc3ccc(Cl)cc3)c(=O)c2c1)c1cccs1. The monoisotopic (exact) mass is 435 g/mol. The first-order valence-corrected chi connectivity index (χ1v) is 11.0. The first kappa shape index (κ1) is 19.0. The number of benzene rings is 2. The van der Waals surface area contributed by atoms with Crippen molar-refractivity contribution in [2.45, 2.75) is 25.3 Å². The molecule has 30 heavy (non-hydrogen) atoms. The standard InChI is InChI=1S/C23H18ClN3O2S/c24-16-7-3-14(4-8-16)13-27-21(15-5-6-15)26-19-10-9-17(12-18(19)23(27)29)25-22(28)20-2-1-11-30-20/h1-4,7-12,15H,5-6,13H2,(H,25,28). The molecule has 0 saturated heterocycles. The summed E-state index contributed by atoms with van der Waals surface area (Å²) in [6.07, 6.45) is 2.10. The molecule has 0 spiro atoms. The Morgan fingerprint density at radius 2 is 1.97 bits per heavy atom. The lowest BCUT2D eigenvalue weighted by molar-refractivity contribution is 0.103. The van der Waals surface area contributed by atoms with Crippen LogP contribution in [-0.2, 0) is 6.54 Å². The van der Waals surface area contributed by atoms with Crippen molar-refractivity contribution in [1.82, 2.24) is 9.55 Å². The number of hydrogen-bond acceptors (Lipinski definition) is 4. The molecular weight excluding hydrogens is 418 g/mol. The average Bonchev–Trinajstić information content (AvgIpc) is 3.44. The highest BCUT2D eigenvalue weighted by atomic mass is 35.5. The zero-order valence-electron chi connectivity index (χ0n) is 16.0. The van der Waals surface area contributed by atoms with Gasteiger partial charge in [-0.3, -0.25) is 14.2 Å². The number of carbonyl (C=O) groups is 1. The molecule has 2 aromatic heterocycles. The van der Waals surface area contributed by atoms with Gasteiger partial charge in [0.1, 0.15) is 5.82 Å². The van der Waals surface area contributed by atoms with E-state index in [1.165, 1.54) is 11.3 Å². The summed E-state index contributed by atoms with van der Waals surface area (Å²) < 4.78 is 1.76. The second-order valence-electron chi connectivity index (χ2n) is 7.43. The molecule has 5 rings (SSSR count). The van der Waals surface area contributed by atoms with E-state index < -0.39 is 0 Å². The van der Waals surface area contributed by atoms with Crippen molar-refractivity contribution in [3.63, 3.8) is 0 Å². The normalized spacial score (nSPS) is 13.5. The van der Waals surface area contributed by atoms with E-state index in [1.54, 1.807) is 28.8 Å². The van der Waals surface area contributed by atoms with Gasteiger partial charge in [0.25, 0.3) is 11.5 Å². The minimum Gasteiger partial charge on any atom is -0.321 e. The third kappa shape index (κ3) is 3.76. The Bertz CT molecular complexity index is 1290. The molecule has 1 amide bonds. The van der Waals surface area contributed by atoms with Gasteiger partial charge in [-0.25, -0.2) is 4.98 Å². The Labute approximate surface area is 182 Å². The molecule has 2 heterocycles. The summed E-state index contributed by atoms with van der Waals surface area (Å²) in [5, 5.41) is 5.89. The summed E-state index contributed by atoms with van der Waals surface area (Å²) in [7, 11) is 0. The van der Waals surface area contributed by atoms with Gasteiger partial charge in [0, 0.05) is 16.6 Å². The smallest absolute Gasteiger partial charge is 0.265 e. The molecular formula is C23H18ClN3O2S. The molecule has 5 nitrogen and oxygen atoms in total. The highest BCUT2D eigenvalue weighted by Crippen LogP contribution is 2.39. The molecule has 0 atom stereocenters. The van der Waals surface area contributed by atoms with Gasteiger partial charge in [-0.2, -0.15) is 0 Å². The van der Waals surface area contributed by atoms with Crippen LogP contribution < -0.4 is 10.9 Å². The fourth-order valence-electron chi connectivity index (χ4n) is 3.49. The number of fused-ring (bicyclic) bond motifs is 1. The maximum atomic E-state index is 13.4. The number of halogens is 1. The van der Waals surface area contributed by atoms with Crippen molar-refractivity contribution in [1.29, 1.82) is 0 Å². The second kappa shape index (κ2) is 7.70. The molecule has 0 bridgehead atoms. The Balaban J connectivity index is 1.55. The maximum absolute atomic E-state index is 13.4. The molecule has 0 radical (unpaired) electrons. The number of anilines is 1. The van der Waals surface area contributed by atoms with Crippen LogP contribution in [0.1, 0.15) is 39.8 Å². The fraction of sp³-hybridized carbons (Fsp3) is 0.174. The van der Waals surface area contributed by atoms with E-state index in [-0.39, 0.29) is 11.5 Å². The van der Waals surface area contributed by atoms with Gasteiger partial charge in [0.15, 0.2) is 0 Å². The van der Waals surface area contributed by atoms with Crippen molar-refractivity contribution < 1.29 is 4.79 Å². The molecule has 1 aliphatic rings. The average molecular weight is 436 g/mol. The lowest BCUT2D eigenvalue weighted by atomic mass is 10.1. The van der Waals surface area contributed by atoms with Crippen LogP contribution in [0.2, 0.25) is 5.02 Å². The molecule has 0 unspecified atom stereocenters. The summed E-state index contributed by atoms with van der Waals surface area (Å²) in [6, 6.07) is 16.4. The predicted molar refractivity (Wildman–Crippen MR) is 121 cm³/mol. The second-order valence-corrected chi connectivity index (χ2v) is 8.81. The zero-order valence-corrected chi connectivity index (χ0v) is 17.5. The first-order valence-electron chi connectivity index (χ1n) is 9.72. The molecule has 1 aliphatic carbocycles. The van der Waals surface area contributed by atoms with Gasteiger partial charge < -0.3 is 5.32 Å². The zero-order chi connectivity index (χ0) is 20.7. The predicted octanol–water partition coefficient (Wildman–Crippen LogP) is 5.29. The summed E-state index contributed by atoms with van der Waals surface area (Å²) in [6.45, 7) is 0.441. The van der Waals surface area contributed by atoms with Crippen LogP contribution in [-0.4, -0.2) is 15.5 Å². The number of nitrogens with zero attached hydrogens (tertiary/aromatic N) is 2. The minimum absolute atomic E-state index is 0.0935. The van der Waals surface area contributed by atoms with E-state index in [1.807, 2.05) is 35.7 Å². The highest BCUT2D eigenvalue weighted by molar-refractivity contribution is 7.12. The van der Waals surface area contributed by atoms with Crippen molar-refractivity contribution in [2.24, 2.45) is 0 Å². The van der Waals surface area contributed by atoms with E-state index in [0.29, 0.717) is 39.0 Å². The number of amides is 1. The molecule has 2 aromatic carbocycles. The number of aromatic nitrogens is 2. The third-order valence-corrected chi connectivity index (χ3v) is 6.30. The van der Waals surface area contributed by atoms with E-state index in [9.17, 15) is 9.59 Å². The molecule has 1 N–H and O–H groups in total. The Morgan fingerprint density at radius 1 is 1.17 bits per heavy atom. The summed E-state index contributed by atoms with van der Waals surface area (Å²) in [5.74, 6) is 0.971. The summed E-state index contributed by atoms with van der Waals surface area (Å²) >= 11 is 7.37. The lowest BCUT2D eigenvalue weighted by Crippen LogP contribution is -2.26. The van der Waals surface area contributed by atoms with Crippen molar-refractivity contribution in [2.75, 3.05) is 5.32 Å². The topological polar surface area (TPSA) is 64.0 Å². The van der Waals surface area contributed by atoms with Crippen LogP contribution >= 0.6 is 22.9 Å². The van der Waals surface area contributed by atoms with Gasteiger partial charge in [-0.1, -0.05) is 29.8 Å². The van der Waals surface area contributed by atoms with Crippen molar-refractivity contribution in [3.05, 3.63) is 91.6 Å². The van der Waals surface area contributed by atoms with Gasteiger partial charge in [-0.15, -0.1) is 11.3 Å². The number of thiophene rings is 1. The van der Waals surface area contributed by atoms with Crippen LogP contribution in [0, 0.1) is 0 Å². The summed E-state index contributed by atoms with van der Waals surface area (Å²) in [4.78, 5) is 31.2. The van der Waals surface area contributed by atoms with Gasteiger partial charge in [0.2, 0.25) is 0 Å².